The zero-order chi connectivity index (χ0) is 25.8. The van der Waals surface area contributed by atoms with Crippen LogP contribution in [0.2, 0.25) is 0 Å². The van der Waals surface area contributed by atoms with Crippen molar-refractivity contribution in [2.24, 2.45) is 0 Å². The Morgan fingerprint density at radius 3 is 2.70 bits per heavy atom. The van der Waals surface area contributed by atoms with Gasteiger partial charge in [-0.3, -0.25) is 4.79 Å². The van der Waals surface area contributed by atoms with Gasteiger partial charge in [0.1, 0.15) is 42.8 Å². The number of hydrogen-bond donors (Lipinski definition) is 0. The number of benzene rings is 3. The molecule has 2 heterocycles. The molecule has 2 aliphatic rings. The molecule has 2 aliphatic heterocycles. The lowest BCUT2D eigenvalue weighted by Gasteiger charge is -2.24. The lowest BCUT2D eigenvalue weighted by molar-refractivity contribution is -0.141. The van der Waals surface area contributed by atoms with Crippen LogP contribution in [0.4, 0.5) is 0 Å². The van der Waals surface area contributed by atoms with Crippen LogP contribution >= 0.6 is 0 Å². The summed E-state index contributed by atoms with van der Waals surface area (Å²) in [6.07, 6.45) is 0.308. The predicted molar refractivity (Wildman–Crippen MR) is 139 cm³/mol. The molecule has 0 aliphatic carbocycles. The molecular formula is C30H32O7. The first-order valence-corrected chi connectivity index (χ1v) is 12.6. The van der Waals surface area contributed by atoms with Crippen molar-refractivity contribution >= 4 is 5.97 Å². The highest BCUT2D eigenvalue weighted by atomic mass is 16.5. The van der Waals surface area contributed by atoms with Crippen molar-refractivity contribution in [3.63, 3.8) is 0 Å². The average Bonchev–Trinajstić information content (AvgIpc) is 3.31. The maximum absolute atomic E-state index is 11.7. The van der Waals surface area contributed by atoms with Crippen LogP contribution in [0.15, 0.2) is 48.5 Å². The number of carbonyl (C=O) groups excluding carboxylic acids is 1. The number of rotatable bonds is 10. The van der Waals surface area contributed by atoms with Crippen LogP contribution in [0.1, 0.15) is 41.5 Å². The summed E-state index contributed by atoms with van der Waals surface area (Å²) in [4.78, 5) is 11.7. The first kappa shape index (κ1) is 25.0. The van der Waals surface area contributed by atoms with Crippen LogP contribution in [-0.2, 0) is 27.5 Å². The van der Waals surface area contributed by atoms with Crippen LogP contribution in [0.25, 0.3) is 11.1 Å². The summed E-state index contributed by atoms with van der Waals surface area (Å²) in [6.45, 7) is 7.23. The van der Waals surface area contributed by atoms with Crippen molar-refractivity contribution in [3.8, 4) is 34.1 Å². The largest absolute Gasteiger partial charge is 0.492 e. The molecule has 0 fully saturated rings. The van der Waals surface area contributed by atoms with E-state index < -0.39 is 0 Å². The number of aryl methyl sites for hydroxylation is 1. The molecule has 0 saturated heterocycles. The van der Waals surface area contributed by atoms with E-state index in [1.165, 1.54) is 12.7 Å². The topological polar surface area (TPSA) is 72.5 Å². The SMILES string of the molecule is CCOCCOc1cc(C)c2c(c1)COc1ccc(COc3ccc4c(c3)OCC4CC(=O)OC)cc1-2. The molecule has 5 rings (SSSR count). The smallest absolute Gasteiger partial charge is 0.306 e. The summed E-state index contributed by atoms with van der Waals surface area (Å²) in [5.41, 5.74) is 6.54. The van der Waals surface area contributed by atoms with E-state index in [2.05, 4.69) is 25.1 Å². The number of carbonyl (C=O) groups is 1. The van der Waals surface area contributed by atoms with Gasteiger partial charge in [0.2, 0.25) is 0 Å². The Morgan fingerprint density at radius 2 is 1.86 bits per heavy atom. The zero-order valence-electron chi connectivity index (χ0n) is 21.5. The van der Waals surface area contributed by atoms with E-state index in [9.17, 15) is 4.79 Å². The highest BCUT2D eigenvalue weighted by Gasteiger charge is 2.27. The number of ether oxygens (including phenoxy) is 6. The number of methoxy groups -OCH3 is 1. The average molecular weight is 505 g/mol. The first-order chi connectivity index (χ1) is 18.1. The molecule has 1 atom stereocenters. The Bertz CT molecular complexity index is 1280. The van der Waals surface area contributed by atoms with Crippen LogP contribution < -0.4 is 18.9 Å². The van der Waals surface area contributed by atoms with Gasteiger partial charge in [-0.1, -0.05) is 12.1 Å². The molecule has 3 aromatic rings. The van der Waals surface area contributed by atoms with Crippen molar-refractivity contribution in [3.05, 3.63) is 70.8 Å². The third-order valence-corrected chi connectivity index (χ3v) is 6.70. The maximum atomic E-state index is 11.7. The van der Waals surface area contributed by atoms with Crippen LogP contribution in [0.3, 0.4) is 0 Å². The van der Waals surface area contributed by atoms with E-state index >= 15 is 0 Å². The van der Waals surface area contributed by atoms with E-state index in [4.69, 9.17) is 28.4 Å². The molecule has 194 valence electrons. The Hall–Kier alpha value is -3.71. The van der Waals surface area contributed by atoms with Crippen molar-refractivity contribution < 1.29 is 33.2 Å². The Balaban J connectivity index is 1.28. The second kappa shape index (κ2) is 11.1. The molecule has 1 unspecified atom stereocenters. The summed E-state index contributed by atoms with van der Waals surface area (Å²) >= 11 is 0. The summed E-state index contributed by atoms with van der Waals surface area (Å²) < 4.78 is 34.0. The molecule has 0 N–H and O–H groups in total. The third kappa shape index (κ3) is 5.52. The first-order valence-electron chi connectivity index (χ1n) is 12.6. The van der Waals surface area contributed by atoms with Gasteiger partial charge in [-0.05, 0) is 60.9 Å². The van der Waals surface area contributed by atoms with Crippen LogP contribution in [-0.4, -0.2) is 39.5 Å². The number of esters is 1. The van der Waals surface area contributed by atoms with E-state index in [1.807, 2.05) is 37.3 Å². The molecule has 7 nitrogen and oxygen atoms in total. The van der Waals surface area contributed by atoms with Gasteiger partial charge in [0.25, 0.3) is 0 Å². The summed E-state index contributed by atoms with van der Waals surface area (Å²) in [5.74, 6) is 2.95. The third-order valence-electron chi connectivity index (χ3n) is 6.70. The highest BCUT2D eigenvalue weighted by Crippen LogP contribution is 2.42. The Morgan fingerprint density at radius 1 is 0.973 bits per heavy atom. The lowest BCUT2D eigenvalue weighted by Crippen LogP contribution is -2.10. The second-order valence-electron chi connectivity index (χ2n) is 9.22. The maximum Gasteiger partial charge on any atom is 0.306 e. The van der Waals surface area contributed by atoms with Crippen LogP contribution in [0.5, 0.6) is 23.0 Å². The molecule has 7 heteroatoms. The molecule has 0 spiro atoms. The van der Waals surface area contributed by atoms with Gasteiger partial charge in [0.15, 0.2) is 0 Å². The summed E-state index contributed by atoms with van der Waals surface area (Å²) in [5, 5.41) is 0. The molecule has 3 aromatic carbocycles. The van der Waals surface area contributed by atoms with Crippen molar-refractivity contribution in [1.29, 1.82) is 0 Å². The van der Waals surface area contributed by atoms with Crippen molar-refractivity contribution in [2.75, 3.05) is 33.5 Å². The predicted octanol–water partition coefficient (Wildman–Crippen LogP) is 5.59. The van der Waals surface area contributed by atoms with E-state index in [-0.39, 0.29) is 11.9 Å². The fourth-order valence-electron chi connectivity index (χ4n) is 4.88. The number of fused-ring (bicyclic) bond motifs is 4. The fraction of sp³-hybridized carbons (Fsp3) is 0.367. The summed E-state index contributed by atoms with van der Waals surface area (Å²) in [7, 11) is 1.40. The highest BCUT2D eigenvalue weighted by molar-refractivity contribution is 5.79. The molecule has 0 amide bonds. The Kier molecular flexibility index (Phi) is 7.51. The van der Waals surface area contributed by atoms with Gasteiger partial charge in [-0.25, -0.2) is 0 Å². The van der Waals surface area contributed by atoms with Gasteiger partial charge < -0.3 is 28.4 Å². The van der Waals surface area contributed by atoms with Gasteiger partial charge in [-0.2, -0.15) is 0 Å². The van der Waals surface area contributed by atoms with Gasteiger partial charge >= 0.3 is 5.97 Å². The fourth-order valence-corrected chi connectivity index (χ4v) is 4.88. The minimum atomic E-state index is -0.236. The monoisotopic (exact) mass is 504 g/mol. The standard InChI is InChI=1S/C30H32O7/c1-4-33-9-10-34-24-11-19(2)30-22(13-24)18-36-27-8-5-20(12-26(27)30)16-35-23-6-7-25-21(14-29(31)32-3)17-37-28(25)15-23/h5-8,11-13,15,21H,4,9-10,14,16-18H2,1-3H3. The normalized spacial score (nSPS) is 15.1. The molecule has 0 saturated carbocycles. The zero-order valence-corrected chi connectivity index (χ0v) is 21.5. The van der Waals surface area contributed by atoms with E-state index in [0.29, 0.717) is 46.1 Å². The molecular weight excluding hydrogens is 472 g/mol. The minimum Gasteiger partial charge on any atom is -0.492 e. The minimum absolute atomic E-state index is 0.0102. The second-order valence-corrected chi connectivity index (χ2v) is 9.22. The van der Waals surface area contributed by atoms with Crippen LogP contribution in [0, 0.1) is 6.92 Å². The lowest BCUT2D eigenvalue weighted by atomic mass is 9.91. The Labute approximate surface area is 217 Å². The quantitative estimate of drug-likeness (QED) is 0.263. The molecule has 37 heavy (non-hydrogen) atoms. The van der Waals surface area contributed by atoms with E-state index in [1.54, 1.807) is 0 Å². The molecule has 0 aromatic heterocycles. The van der Waals surface area contributed by atoms with Crippen molar-refractivity contribution in [1.82, 2.24) is 0 Å². The van der Waals surface area contributed by atoms with Gasteiger partial charge in [0, 0.05) is 35.3 Å². The number of hydrogen-bond acceptors (Lipinski definition) is 7. The summed E-state index contributed by atoms with van der Waals surface area (Å²) in [6, 6.07) is 16.1. The van der Waals surface area contributed by atoms with Crippen molar-refractivity contribution in [2.45, 2.75) is 39.4 Å². The van der Waals surface area contributed by atoms with Gasteiger partial charge in [-0.15, -0.1) is 0 Å². The van der Waals surface area contributed by atoms with Gasteiger partial charge in [0.05, 0.1) is 26.7 Å². The van der Waals surface area contributed by atoms with E-state index in [0.717, 1.165) is 50.8 Å². The molecule has 0 radical (unpaired) electrons. The molecule has 0 bridgehead atoms.